The van der Waals surface area contributed by atoms with Crippen molar-refractivity contribution < 1.29 is 9.53 Å². The molecule has 0 fully saturated rings. The number of thiophene rings is 1. The van der Waals surface area contributed by atoms with Crippen molar-refractivity contribution in [3.63, 3.8) is 0 Å². The lowest BCUT2D eigenvalue weighted by Crippen LogP contribution is -2.21. The fourth-order valence-corrected chi connectivity index (χ4v) is 4.12. The van der Waals surface area contributed by atoms with Gasteiger partial charge in [0.25, 0.3) is 5.91 Å². The average Bonchev–Trinajstić information content (AvgIpc) is 3.00. The summed E-state index contributed by atoms with van der Waals surface area (Å²) in [6, 6.07) is 1.82. The van der Waals surface area contributed by atoms with Gasteiger partial charge in [-0.2, -0.15) is 0 Å². The summed E-state index contributed by atoms with van der Waals surface area (Å²) in [5.74, 6) is 0.624. The number of nitrogens with zero attached hydrogens (tertiary/aromatic N) is 2. The zero-order chi connectivity index (χ0) is 19.6. The van der Waals surface area contributed by atoms with Crippen LogP contribution in [0.4, 0.5) is 5.95 Å². The molecule has 3 rings (SSSR count). The number of nitrogens with one attached hydrogen (secondary N) is 1. The van der Waals surface area contributed by atoms with Crippen LogP contribution >= 0.6 is 22.9 Å². The zero-order valence-electron chi connectivity index (χ0n) is 15.4. The molecule has 0 radical (unpaired) electrons. The Labute approximate surface area is 166 Å². The van der Waals surface area contributed by atoms with Crippen molar-refractivity contribution in [1.29, 1.82) is 0 Å². The lowest BCUT2D eigenvalue weighted by atomic mass is 9.98. The van der Waals surface area contributed by atoms with Crippen LogP contribution < -0.4 is 11.1 Å². The van der Waals surface area contributed by atoms with Crippen molar-refractivity contribution in [3.8, 4) is 0 Å². The van der Waals surface area contributed by atoms with Crippen LogP contribution in [-0.2, 0) is 4.74 Å². The lowest BCUT2D eigenvalue weighted by molar-refractivity contribution is 0.0960. The van der Waals surface area contributed by atoms with Crippen LogP contribution in [0.3, 0.4) is 0 Å². The molecule has 0 bridgehead atoms. The molecule has 0 atom stereocenters. The number of fused-ring (bicyclic) bond motifs is 1. The summed E-state index contributed by atoms with van der Waals surface area (Å²) in [7, 11) is 1.59. The number of carbonyl (C=O) groups is 1. The highest BCUT2D eigenvalue weighted by molar-refractivity contribution is 7.20. The van der Waals surface area contributed by atoms with Gasteiger partial charge in [-0.05, 0) is 31.1 Å². The number of hydrogen-bond acceptors (Lipinski definition) is 6. The molecular weight excluding hydrogens is 384 g/mol. The molecular formula is C19H21ClN4O2S. The molecule has 142 valence electrons. The van der Waals surface area contributed by atoms with Crippen LogP contribution in [0.25, 0.3) is 15.8 Å². The summed E-state index contributed by atoms with van der Waals surface area (Å²) in [5.41, 5.74) is 8.61. The second kappa shape index (κ2) is 8.10. The van der Waals surface area contributed by atoms with Gasteiger partial charge in [-0.3, -0.25) is 4.79 Å². The molecule has 0 aromatic carbocycles. The van der Waals surface area contributed by atoms with Crippen molar-refractivity contribution in [2.24, 2.45) is 0 Å². The third-order valence-electron chi connectivity index (χ3n) is 4.24. The molecule has 1 aliphatic carbocycles. The van der Waals surface area contributed by atoms with Crippen molar-refractivity contribution in [2.45, 2.75) is 26.7 Å². The number of halogens is 1. The van der Waals surface area contributed by atoms with E-state index in [0.29, 0.717) is 39.2 Å². The summed E-state index contributed by atoms with van der Waals surface area (Å²) in [4.78, 5) is 22.3. The lowest BCUT2D eigenvalue weighted by Gasteiger charge is -2.11. The highest BCUT2D eigenvalue weighted by Crippen LogP contribution is 2.37. The number of rotatable bonds is 5. The van der Waals surface area contributed by atoms with Crippen molar-refractivity contribution >= 4 is 50.6 Å². The normalized spacial score (nSPS) is 14.7. The van der Waals surface area contributed by atoms with Crippen molar-refractivity contribution in [3.05, 3.63) is 45.2 Å². The molecule has 0 unspecified atom stereocenters. The fourth-order valence-electron chi connectivity index (χ4n) is 2.95. The molecule has 2 aromatic rings. The van der Waals surface area contributed by atoms with Gasteiger partial charge in [0.2, 0.25) is 5.95 Å². The zero-order valence-corrected chi connectivity index (χ0v) is 17.0. The van der Waals surface area contributed by atoms with E-state index in [4.69, 9.17) is 22.1 Å². The van der Waals surface area contributed by atoms with Crippen LogP contribution in [0.15, 0.2) is 34.6 Å². The van der Waals surface area contributed by atoms with Gasteiger partial charge in [-0.15, -0.1) is 11.3 Å². The Kier molecular flexibility index (Phi) is 5.82. The highest BCUT2D eigenvalue weighted by Gasteiger charge is 2.21. The molecule has 0 saturated heterocycles. The van der Waals surface area contributed by atoms with Crippen LogP contribution in [0, 0.1) is 0 Å². The summed E-state index contributed by atoms with van der Waals surface area (Å²) >= 11 is 7.65. The second-order valence-electron chi connectivity index (χ2n) is 5.94. The molecule has 1 aliphatic rings. The van der Waals surface area contributed by atoms with E-state index >= 15 is 0 Å². The summed E-state index contributed by atoms with van der Waals surface area (Å²) in [5, 5.41) is 4.23. The first-order valence-corrected chi connectivity index (χ1v) is 9.87. The number of amides is 1. The largest absolute Gasteiger partial charge is 0.496 e. The average molecular weight is 405 g/mol. The number of hydrogen-bond donors (Lipinski definition) is 2. The molecule has 1 amide bonds. The van der Waals surface area contributed by atoms with Crippen molar-refractivity contribution in [1.82, 2.24) is 15.3 Å². The Balaban J connectivity index is 2.23. The van der Waals surface area contributed by atoms with E-state index in [1.165, 1.54) is 11.3 Å². The van der Waals surface area contributed by atoms with E-state index in [9.17, 15) is 4.79 Å². The maximum atomic E-state index is 12.3. The number of nitrogens with two attached hydrogens (primary N) is 1. The SMILES string of the molecule is CCNC(=O)c1cc2c(C3=CC(OC)=C(Cl)CC=C3CC)nc(N)nc2s1. The van der Waals surface area contributed by atoms with Gasteiger partial charge in [0.1, 0.15) is 10.6 Å². The summed E-state index contributed by atoms with van der Waals surface area (Å²) in [6.07, 6.45) is 5.34. The quantitative estimate of drug-likeness (QED) is 0.777. The Morgan fingerprint density at radius 3 is 2.85 bits per heavy atom. The number of aromatic nitrogens is 2. The van der Waals surface area contributed by atoms with E-state index < -0.39 is 0 Å². The maximum Gasteiger partial charge on any atom is 0.261 e. The van der Waals surface area contributed by atoms with Gasteiger partial charge >= 0.3 is 0 Å². The van der Waals surface area contributed by atoms with Crippen LogP contribution in [-0.4, -0.2) is 29.5 Å². The summed E-state index contributed by atoms with van der Waals surface area (Å²) in [6.45, 7) is 4.51. The number of methoxy groups -OCH3 is 1. The first-order chi connectivity index (χ1) is 13.0. The minimum absolute atomic E-state index is 0.133. The molecule has 2 aromatic heterocycles. The predicted octanol–water partition coefficient (Wildman–Crippen LogP) is 4.24. The minimum Gasteiger partial charge on any atom is -0.496 e. The van der Waals surface area contributed by atoms with Gasteiger partial charge in [-0.1, -0.05) is 24.6 Å². The molecule has 0 saturated carbocycles. The number of nitrogen functional groups attached to an aromatic ring is 1. The number of carbonyl (C=O) groups excluding carboxylic acids is 1. The second-order valence-corrected chi connectivity index (χ2v) is 7.42. The Bertz CT molecular complexity index is 991. The molecule has 3 N–H and O–H groups in total. The topological polar surface area (TPSA) is 90.1 Å². The number of allylic oxidation sites excluding steroid dienone is 5. The smallest absolute Gasteiger partial charge is 0.261 e. The van der Waals surface area contributed by atoms with Crippen LogP contribution in [0.2, 0.25) is 0 Å². The first-order valence-electron chi connectivity index (χ1n) is 8.67. The van der Waals surface area contributed by atoms with Crippen molar-refractivity contribution in [2.75, 3.05) is 19.4 Å². The fraction of sp³-hybridized carbons (Fsp3) is 0.316. The van der Waals surface area contributed by atoms with Gasteiger partial charge in [0, 0.05) is 23.9 Å². The molecule has 27 heavy (non-hydrogen) atoms. The molecule has 6 nitrogen and oxygen atoms in total. The minimum atomic E-state index is -0.133. The Morgan fingerprint density at radius 2 is 2.19 bits per heavy atom. The van der Waals surface area contributed by atoms with Gasteiger partial charge in [-0.25, -0.2) is 9.97 Å². The molecule has 0 spiro atoms. The van der Waals surface area contributed by atoms with E-state index in [1.807, 2.05) is 19.1 Å². The number of ether oxygens (including phenoxy) is 1. The third-order valence-corrected chi connectivity index (χ3v) is 5.61. The molecule has 0 aliphatic heterocycles. The number of anilines is 1. The highest BCUT2D eigenvalue weighted by atomic mass is 35.5. The van der Waals surface area contributed by atoms with E-state index in [-0.39, 0.29) is 11.9 Å². The first kappa shape index (κ1) is 19.4. The van der Waals surface area contributed by atoms with Crippen LogP contribution in [0.5, 0.6) is 0 Å². The Hall–Kier alpha value is -2.38. The van der Waals surface area contributed by atoms with Crippen LogP contribution in [0.1, 0.15) is 42.1 Å². The Morgan fingerprint density at radius 1 is 1.41 bits per heavy atom. The predicted molar refractivity (Wildman–Crippen MR) is 111 cm³/mol. The van der Waals surface area contributed by atoms with Gasteiger partial charge < -0.3 is 15.8 Å². The standard InChI is InChI=1S/C19H21ClN4O2S/c1-4-10-6-7-13(20)14(26-3)8-11(10)16-12-9-15(17(25)22-5-2)27-18(12)24-19(21)23-16/h6,8-9H,4-5,7H2,1-3H3,(H,22,25)(H2,21,23,24). The third kappa shape index (κ3) is 3.84. The van der Waals surface area contributed by atoms with E-state index in [2.05, 4.69) is 28.3 Å². The van der Waals surface area contributed by atoms with Gasteiger partial charge in [0.15, 0.2) is 0 Å². The maximum absolute atomic E-state index is 12.3. The molecule has 8 heteroatoms. The summed E-state index contributed by atoms with van der Waals surface area (Å²) < 4.78 is 5.45. The van der Waals surface area contributed by atoms with Gasteiger partial charge in [0.05, 0.1) is 22.7 Å². The van der Waals surface area contributed by atoms with E-state index in [1.54, 1.807) is 7.11 Å². The van der Waals surface area contributed by atoms with E-state index in [0.717, 1.165) is 23.0 Å². The molecule has 2 heterocycles. The monoisotopic (exact) mass is 404 g/mol.